The smallest absolute Gasteiger partial charge is 0.253 e. The summed E-state index contributed by atoms with van der Waals surface area (Å²) in [5.74, 6) is -0.270. The first-order chi connectivity index (χ1) is 10.0. The van der Waals surface area contributed by atoms with Gasteiger partial charge in [-0.3, -0.25) is 4.79 Å². The Bertz CT molecular complexity index is 606. The summed E-state index contributed by atoms with van der Waals surface area (Å²) < 4.78 is 13.0. The monoisotopic (exact) mass is 286 g/mol. The quantitative estimate of drug-likeness (QED) is 0.856. The molecule has 0 radical (unpaired) electrons. The average Bonchev–Trinajstić information content (AvgIpc) is 2.50. The number of hydrogen-bond donors (Lipinski definition) is 0. The number of amides is 1. The number of halogens is 1. The Hall–Kier alpha value is -2.36. The molecule has 0 aliphatic heterocycles. The molecule has 2 aromatic rings. The van der Waals surface area contributed by atoms with Gasteiger partial charge in [0.2, 0.25) is 0 Å². The third-order valence-electron chi connectivity index (χ3n) is 3.29. The lowest BCUT2D eigenvalue weighted by Gasteiger charge is -2.23. The molecule has 0 fully saturated rings. The molecule has 0 aliphatic carbocycles. The van der Waals surface area contributed by atoms with E-state index >= 15 is 0 Å². The molecule has 2 rings (SSSR count). The van der Waals surface area contributed by atoms with E-state index in [1.54, 1.807) is 31.1 Å². The van der Waals surface area contributed by atoms with Crippen molar-refractivity contribution in [2.45, 2.75) is 6.92 Å². The fourth-order valence-corrected chi connectivity index (χ4v) is 2.18. The predicted molar refractivity (Wildman–Crippen MR) is 83.5 cm³/mol. The molecule has 1 amide bonds. The van der Waals surface area contributed by atoms with Crippen LogP contribution in [0.5, 0.6) is 0 Å². The summed E-state index contributed by atoms with van der Waals surface area (Å²) in [7, 11) is 3.46. The molecule has 0 aliphatic rings. The van der Waals surface area contributed by atoms with Gasteiger partial charge in [0.05, 0.1) is 0 Å². The summed E-state index contributed by atoms with van der Waals surface area (Å²) in [5.41, 5.74) is 2.55. The minimum atomic E-state index is -0.248. The van der Waals surface area contributed by atoms with Crippen molar-refractivity contribution < 1.29 is 9.18 Å². The molecule has 0 spiro atoms. The minimum Gasteiger partial charge on any atom is -0.345 e. The minimum absolute atomic E-state index is 0.0219. The average molecular weight is 286 g/mol. The maximum Gasteiger partial charge on any atom is 0.253 e. The van der Waals surface area contributed by atoms with Crippen molar-refractivity contribution in [1.29, 1.82) is 0 Å². The van der Waals surface area contributed by atoms with Crippen LogP contribution in [-0.4, -0.2) is 31.4 Å². The number of carbonyl (C=O) groups is 1. The van der Waals surface area contributed by atoms with Crippen molar-refractivity contribution >= 4 is 17.3 Å². The van der Waals surface area contributed by atoms with Crippen LogP contribution in [0.25, 0.3) is 0 Å². The second kappa shape index (κ2) is 6.39. The van der Waals surface area contributed by atoms with Gasteiger partial charge in [0.1, 0.15) is 5.82 Å². The second-order valence-corrected chi connectivity index (χ2v) is 4.97. The molecule has 0 N–H and O–H groups in total. The van der Waals surface area contributed by atoms with Gasteiger partial charge in [0, 0.05) is 37.6 Å². The van der Waals surface area contributed by atoms with E-state index in [9.17, 15) is 9.18 Å². The first kappa shape index (κ1) is 15.0. The maximum atomic E-state index is 13.0. The zero-order valence-electron chi connectivity index (χ0n) is 12.5. The highest BCUT2D eigenvalue weighted by atomic mass is 19.1. The van der Waals surface area contributed by atoms with Crippen molar-refractivity contribution in [3.63, 3.8) is 0 Å². The van der Waals surface area contributed by atoms with Crippen LogP contribution in [0.2, 0.25) is 0 Å². The summed E-state index contributed by atoms with van der Waals surface area (Å²) in [6.45, 7) is 2.79. The van der Waals surface area contributed by atoms with E-state index in [1.165, 1.54) is 12.1 Å². The van der Waals surface area contributed by atoms with Gasteiger partial charge < -0.3 is 9.80 Å². The molecule has 21 heavy (non-hydrogen) atoms. The molecular weight excluding hydrogens is 267 g/mol. The summed E-state index contributed by atoms with van der Waals surface area (Å²) >= 11 is 0. The van der Waals surface area contributed by atoms with Crippen molar-refractivity contribution in [3.8, 4) is 0 Å². The standard InChI is InChI=1S/C17H19FN2O/c1-4-20(16-11-7-14(18)8-12-16)15-9-5-13(6-10-15)17(21)19(2)3/h5-12H,4H2,1-3H3. The van der Waals surface area contributed by atoms with Gasteiger partial charge in [0.25, 0.3) is 5.91 Å². The van der Waals surface area contributed by atoms with Crippen LogP contribution < -0.4 is 4.90 Å². The Balaban J connectivity index is 2.27. The number of hydrogen-bond acceptors (Lipinski definition) is 2. The molecular formula is C17H19FN2O. The van der Waals surface area contributed by atoms with E-state index in [1.807, 2.05) is 31.2 Å². The fraction of sp³-hybridized carbons (Fsp3) is 0.235. The van der Waals surface area contributed by atoms with Gasteiger partial charge in [0.15, 0.2) is 0 Å². The summed E-state index contributed by atoms with van der Waals surface area (Å²) in [6.07, 6.45) is 0. The van der Waals surface area contributed by atoms with E-state index < -0.39 is 0 Å². The van der Waals surface area contributed by atoms with Crippen LogP contribution in [0.1, 0.15) is 17.3 Å². The Morgan fingerprint density at radius 2 is 1.43 bits per heavy atom. The zero-order chi connectivity index (χ0) is 15.4. The van der Waals surface area contributed by atoms with Crippen LogP contribution in [0.15, 0.2) is 48.5 Å². The fourth-order valence-electron chi connectivity index (χ4n) is 2.18. The molecule has 0 unspecified atom stereocenters. The SMILES string of the molecule is CCN(c1ccc(F)cc1)c1ccc(C(=O)N(C)C)cc1. The van der Waals surface area contributed by atoms with Crippen molar-refractivity contribution in [2.75, 3.05) is 25.5 Å². The molecule has 2 aromatic carbocycles. The molecule has 0 atom stereocenters. The maximum absolute atomic E-state index is 13.0. The third-order valence-corrected chi connectivity index (χ3v) is 3.29. The third kappa shape index (κ3) is 3.40. The van der Waals surface area contributed by atoms with Crippen molar-refractivity contribution in [3.05, 3.63) is 59.9 Å². The number of nitrogens with zero attached hydrogens (tertiary/aromatic N) is 2. The zero-order valence-corrected chi connectivity index (χ0v) is 12.5. The van der Waals surface area contributed by atoms with Crippen LogP contribution in [0.3, 0.4) is 0 Å². The van der Waals surface area contributed by atoms with Crippen molar-refractivity contribution in [1.82, 2.24) is 4.90 Å². The van der Waals surface area contributed by atoms with E-state index in [4.69, 9.17) is 0 Å². The molecule has 0 saturated heterocycles. The molecule has 0 heterocycles. The van der Waals surface area contributed by atoms with E-state index in [0.29, 0.717) is 5.56 Å². The highest BCUT2D eigenvalue weighted by molar-refractivity contribution is 5.94. The van der Waals surface area contributed by atoms with Gasteiger partial charge in [-0.25, -0.2) is 4.39 Å². The number of carbonyl (C=O) groups excluding carboxylic acids is 1. The largest absolute Gasteiger partial charge is 0.345 e. The molecule has 0 aromatic heterocycles. The summed E-state index contributed by atoms with van der Waals surface area (Å²) in [4.78, 5) is 15.5. The Kier molecular flexibility index (Phi) is 4.58. The van der Waals surface area contributed by atoms with Crippen LogP contribution in [0.4, 0.5) is 15.8 Å². The molecule has 110 valence electrons. The lowest BCUT2D eigenvalue weighted by molar-refractivity contribution is 0.0827. The van der Waals surface area contributed by atoms with Crippen molar-refractivity contribution in [2.24, 2.45) is 0 Å². The molecule has 0 saturated carbocycles. The number of benzene rings is 2. The van der Waals surface area contributed by atoms with E-state index in [0.717, 1.165) is 17.9 Å². The van der Waals surface area contributed by atoms with E-state index in [2.05, 4.69) is 4.90 Å². The van der Waals surface area contributed by atoms with E-state index in [-0.39, 0.29) is 11.7 Å². The van der Waals surface area contributed by atoms with Crippen LogP contribution >= 0.6 is 0 Å². The lowest BCUT2D eigenvalue weighted by atomic mass is 10.1. The lowest BCUT2D eigenvalue weighted by Crippen LogP contribution is -2.22. The van der Waals surface area contributed by atoms with Gasteiger partial charge in [-0.05, 0) is 55.5 Å². The normalized spacial score (nSPS) is 10.3. The Labute approximate surface area is 124 Å². The number of rotatable bonds is 4. The van der Waals surface area contributed by atoms with Gasteiger partial charge in [-0.2, -0.15) is 0 Å². The first-order valence-electron chi connectivity index (χ1n) is 6.87. The Morgan fingerprint density at radius 1 is 0.952 bits per heavy atom. The van der Waals surface area contributed by atoms with Gasteiger partial charge in [-0.1, -0.05) is 0 Å². The number of anilines is 2. The highest BCUT2D eigenvalue weighted by Crippen LogP contribution is 2.25. The predicted octanol–water partition coefficient (Wildman–Crippen LogP) is 3.69. The van der Waals surface area contributed by atoms with Crippen LogP contribution in [-0.2, 0) is 0 Å². The molecule has 3 nitrogen and oxygen atoms in total. The van der Waals surface area contributed by atoms with Gasteiger partial charge >= 0.3 is 0 Å². The topological polar surface area (TPSA) is 23.6 Å². The Morgan fingerprint density at radius 3 is 1.86 bits per heavy atom. The summed E-state index contributed by atoms with van der Waals surface area (Å²) in [6, 6.07) is 13.8. The highest BCUT2D eigenvalue weighted by Gasteiger charge is 2.10. The molecule has 4 heteroatoms. The van der Waals surface area contributed by atoms with Gasteiger partial charge in [-0.15, -0.1) is 0 Å². The second-order valence-electron chi connectivity index (χ2n) is 4.97. The molecule has 0 bridgehead atoms. The first-order valence-corrected chi connectivity index (χ1v) is 6.87. The summed E-state index contributed by atoms with van der Waals surface area (Å²) in [5, 5.41) is 0. The van der Waals surface area contributed by atoms with Crippen LogP contribution in [0, 0.1) is 5.82 Å².